The number of ether oxygens (including phenoxy) is 1. The van der Waals surface area contributed by atoms with E-state index in [4.69, 9.17) is 4.74 Å². The zero-order valence-electron chi connectivity index (χ0n) is 9.06. The van der Waals surface area contributed by atoms with E-state index in [1.54, 1.807) is 18.2 Å². The highest BCUT2D eigenvalue weighted by Gasteiger charge is 2.37. The summed E-state index contributed by atoms with van der Waals surface area (Å²) in [4.78, 5) is 22.8. The Kier molecular flexibility index (Phi) is 2.52. The van der Waals surface area contributed by atoms with Crippen LogP contribution < -0.4 is 0 Å². The maximum atomic E-state index is 11.6. The van der Waals surface area contributed by atoms with Gasteiger partial charge < -0.3 is 9.84 Å². The number of carbonyl (C=O) groups is 2. The van der Waals surface area contributed by atoms with E-state index in [1.165, 1.54) is 6.92 Å². The van der Waals surface area contributed by atoms with Crippen molar-refractivity contribution in [3.05, 3.63) is 34.9 Å². The second-order valence-corrected chi connectivity index (χ2v) is 3.97. The number of benzene rings is 1. The standard InChI is InChI=1S/C12H12O4/c1-6-3-4-8-9(5-6)10(14)11(7(2)13)16-12(8)15/h3-5,10-11,14H,1-2H3/t10-,11+/m1/s1. The van der Waals surface area contributed by atoms with Crippen molar-refractivity contribution in [3.8, 4) is 0 Å². The molecule has 0 amide bonds. The average Bonchev–Trinajstić information content (AvgIpc) is 2.22. The first-order valence-corrected chi connectivity index (χ1v) is 5.00. The SMILES string of the molecule is CC(=O)[C@@H]1OC(=O)c2ccc(C)cc2[C@H]1O. The van der Waals surface area contributed by atoms with Crippen LogP contribution in [-0.2, 0) is 9.53 Å². The molecule has 0 aromatic heterocycles. The monoisotopic (exact) mass is 220 g/mol. The molecule has 2 atom stereocenters. The number of hydrogen-bond acceptors (Lipinski definition) is 4. The van der Waals surface area contributed by atoms with Gasteiger partial charge in [-0.3, -0.25) is 4.79 Å². The van der Waals surface area contributed by atoms with Crippen molar-refractivity contribution in [3.63, 3.8) is 0 Å². The number of aliphatic hydroxyl groups excluding tert-OH is 1. The first kappa shape index (κ1) is 10.8. The van der Waals surface area contributed by atoms with Crippen molar-refractivity contribution >= 4 is 11.8 Å². The van der Waals surface area contributed by atoms with Crippen molar-refractivity contribution in [1.82, 2.24) is 0 Å². The molecule has 4 nitrogen and oxygen atoms in total. The third-order valence-electron chi connectivity index (χ3n) is 2.67. The van der Waals surface area contributed by atoms with Crippen molar-refractivity contribution in [2.24, 2.45) is 0 Å². The molecule has 0 radical (unpaired) electrons. The highest BCUT2D eigenvalue weighted by molar-refractivity contribution is 5.96. The summed E-state index contributed by atoms with van der Waals surface area (Å²) in [7, 11) is 0. The Morgan fingerprint density at radius 3 is 2.75 bits per heavy atom. The molecule has 1 N–H and O–H groups in total. The predicted octanol–water partition coefficient (Wildman–Crippen LogP) is 1.16. The van der Waals surface area contributed by atoms with Crippen LogP contribution in [0.15, 0.2) is 18.2 Å². The summed E-state index contributed by atoms with van der Waals surface area (Å²) < 4.78 is 4.89. The zero-order valence-corrected chi connectivity index (χ0v) is 9.06. The Balaban J connectivity index is 2.52. The van der Waals surface area contributed by atoms with E-state index in [0.29, 0.717) is 11.1 Å². The number of carbonyl (C=O) groups excluding carboxylic acids is 2. The Morgan fingerprint density at radius 1 is 1.44 bits per heavy atom. The Hall–Kier alpha value is -1.68. The second kappa shape index (κ2) is 3.72. The summed E-state index contributed by atoms with van der Waals surface area (Å²) in [5, 5.41) is 9.94. The van der Waals surface area contributed by atoms with Gasteiger partial charge in [0, 0.05) is 0 Å². The second-order valence-electron chi connectivity index (χ2n) is 3.97. The van der Waals surface area contributed by atoms with Gasteiger partial charge in [0.1, 0.15) is 6.10 Å². The minimum absolute atomic E-state index is 0.329. The summed E-state index contributed by atoms with van der Waals surface area (Å²) in [6.45, 7) is 3.15. The van der Waals surface area contributed by atoms with Crippen LogP contribution in [0.3, 0.4) is 0 Å². The number of hydrogen-bond donors (Lipinski definition) is 1. The van der Waals surface area contributed by atoms with Crippen molar-refractivity contribution in [1.29, 1.82) is 0 Å². The molecule has 0 unspecified atom stereocenters. The molecule has 0 saturated heterocycles. The summed E-state index contributed by atoms with van der Waals surface area (Å²) >= 11 is 0. The molecule has 2 rings (SSSR count). The summed E-state index contributed by atoms with van der Waals surface area (Å²) in [6.07, 6.45) is -2.15. The van der Waals surface area contributed by atoms with E-state index >= 15 is 0 Å². The molecule has 0 saturated carbocycles. The van der Waals surface area contributed by atoms with E-state index in [1.807, 2.05) is 6.92 Å². The molecule has 84 valence electrons. The number of aliphatic hydroxyl groups is 1. The molecule has 16 heavy (non-hydrogen) atoms. The molecular weight excluding hydrogens is 208 g/mol. The van der Waals surface area contributed by atoms with Gasteiger partial charge in [0.05, 0.1) is 5.56 Å². The minimum Gasteiger partial charge on any atom is -0.448 e. The fourth-order valence-electron chi connectivity index (χ4n) is 1.82. The Bertz CT molecular complexity index is 464. The quantitative estimate of drug-likeness (QED) is 0.721. The lowest BCUT2D eigenvalue weighted by molar-refractivity contribution is -0.132. The van der Waals surface area contributed by atoms with Gasteiger partial charge in [-0.15, -0.1) is 0 Å². The van der Waals surface area contributed by atoms with Gasteiger partial charge in [0.25, 0.3) is 0 Å². The molecule has 1 aliphatic heterocycles. The van der Waals surface area contributed by atoms with Gasteiger partial charge in [-0.25, -0.2) is 4.79 Å². The molecule has 0 fully saturated rings. The van der Waals surface area contributed by atoms with Crippen molar-refractivity contribution in [2.75, 3.05) is 0 Å². The van der Waals surface area contributed by atoms with E-state index in [2.05, 4.69) is 0 Å². The maximum Gasteiger partial charge on any atom is 0.339 e. The van der Waals surface area contributed by atoms with Gasteiger partial charge in [0.2, 0.25) is 0 Å². The van der Waals surface area contributed by atoms with Crippen LogP contribution in [0.1, 0.15) is 34.5 Å². The number of esters is 1. The lowest BCUT2D eigenvalue weighted by Gasteiger charge is -2.28. The Labute approximate surface area is 92.8 Å². The van der Waals surface area contributed by atoms with Gasteiger partial charge in [-0.2, -0.15) is 0 Å². The maximum absolute atomic E-state index is 11.6. The molecular formula is C12H12O4. The number of rotatable bonds is 1. The van der Waals surface area contributed by atoms with E-state index < -0.39 is 18.2 Å². The molecule has 1 aromatic rings. The van der Waals surface area contributed by atoms with Crippen LogP contribution in [0.5, 0.6) is 0 Å². The number of fused-ring (bicyclic) bond motifs is 1. The first-order chi connectivity index (χ1) is 7.50. The van der Waals surface area contributed by atoms with Gasteiger partial charge >= 0.3 is 5.97 Å². The number of cyclic esters (lactones) is 1. The lowest BCUT2D eigenvalue weighted by atomic mass is 9.93. The molecule has 1 aliphatic rings. The van der Waals surface area contributed by atoms with Gasteiger partial charge in [-0.05, 0) is 25.5 Å². The average molecular weight is 220 g/mol. The van der Waals surface area contributed by atoms with Crippen LogP contribution in [0.25, 0.3) is 0 Å². The van der Waals surface area contributed by atoms with Gasteiger partial charge in [-0.1, -0.05) is 17.7 Å². The minimum atomic E-state index is -1.08. The number of Topliss-reactive ketones (excluding diaryl/α,β-unsaturated/α-hetero) is 1. The lowest BCUT2D eigenvalue weighted by Crippen LogP contribution is -2.37. The van der Waals surface area contributed by atoms with E-state index in [-0.39, 0.29) is 5.78 Å². The van der Waals surface area contributed by atoms with Crippen LogP contribution >= 0.6 is 0 Å². The van der Waals surface area contributed by atoms with Crippen molar-refractivity contribution in [2.45, 2.75) is 26.1 Å². The van der Waals surface area contributed by atoms with Crippen molar-refractivity contribution < 1.29 is 19.4 Å². The molecule has 0 aliphatic carbocycles. The Morgan fingerprint density at radius 2 is 2.12 bits per heavy atom. The fourth-order valence-corrected chi connectivity index (χ4v) is 1.82. The van der Waals surface area contributed by atoms with Crippen LogP contribution in [0.4, 0.5) is 0 Å². The first-order valence-electron chi connectivity index (χ1n) is 5.00. The molecule has 0 spiro atoms. The van der Waals surface area contributed by atoms with E-state index in [0.717, 1.165) is 5.56 Å². The summed E-state index contributed by atoms with van der Waals surface area (Å²) in [5.41, 5.74) is 1.72. The third-order valence-corrected chi connectivity index (χ3v) is 2.67. The largest absolute Gasteiger partial charge is 0.448 e. The topological polar surface area (TPSA) is 63.6 Å². The highest BCUT2D eigenvalue weighted by Crippen LogP contribution is 2.30. The third kappa shape index (κ3) is 1.61. The number of aryl methyl sites for hydroxylation is 1. The molecule has 1 heterocycles. The van der Waals surface area contributed by atoms with Crippen LogP contribution in [-0.4, -0.2) is 23.0 Å². The highest BCUT2D eigenvalue weighted by atomic mass is 16.6. The smallest absolute Gasteiger partial charge is 0.339 e. The van der Waals surface area contributed by atoms with E-state index in [9.17, 15) is 14.7 Å². The van der Waals surface area contributed by atoms with Gasteiger partial charge in [0.15, 0.2) is 11.9 Å². The number of ketones is 1. The zero-order chi connectivity index (χ0) is 11.9. The summed E-state index contributed by atoms with van der Waals surface area (Å²) in [6, 6.07) is 5.07. The van der Waals surface area contributed by atoms with Crippen LogP contribution in [0, 0.1) is 6.92 Å². The van der Waals surface area contributed by atoms with Crippen LogP contribution in [0.2, 0.25) is 0 Å². The normalized spacial score (nSPS) is 23.6. The molecule has 0 bridgehead atoms. The fraction of sp³-hybridized carbons (Fsp3) is 0.333. The predicted molar refractivity (Wildman–Crippen MR) is 56.0 cm³/mol. The molecule has 1 aromatic carbocycles. The molecule has 4 heteroatoms. The summed E-state index contributed by atoms with van der Waals surface area (Å²) in [5.74, 6) is -0.909.